The molecule has 0 aromatic heterocycles. The zero-order valence-corrected chi connectivity index (χ0v) is 17.8. The molecule has 0 atom stereocenters. The molecule has 0 saturated heterocycles. The standard InChI is InChI=1S/C24H21ClN2O4/c1-30-20-8-5-7-17(14-20)23(28)27-21(15-16-6-3-4-9-22(16)31-2)24(29)26-19-12-10-18(25)11-13-19/h3-15H,1-2H3,(H,26,29)(H,27,28)/b21-15-. The minimum absolute atomic E-state index is 0.0484. The Bertz CT molecular complexity index is 1110. The van der Waals surface area contributed by atoms with Crippen molar-refractivity contribution in [3.63, 3.8) is 0 Å². The number of amides is 2. The van der Waals surface area contributed by atoms with E-state index in [0.717, 1.165) is 0 Å². The Hall–Kier alpha value is -3.77. The highest BCUT2D eigenvalue weighted by Crippen LogP contribution is 2.21. The number of benzene rings is 3. The van der Waals surface area contributed by atoms with Crippen molar-refractivity contribution in [2.75, 3.05) is 19.5 Å². The molecule has 7 heteroatoms. The van der Waals surface area contributed by atoms with Crippen LogP contribution in [0.2, 0.25) is 5.02 Å². The van der Waals surface area contributed by atoms with Crippen molar-refractivity contribution in [3.8, 4) is 11.5 Å². The van der Waals surface area contributed by atoms with Gasteiger partial charge in [-0.2, -0.15) is 0 Å². The summed E-state index contributed by atoms with van der Waals surface area (Å²) in [5, 5.41) is 6.00. The summed E-state index contributed by atoms with van der Waals surface area (Å²) in [7, 11) is 3.05. The smallest absolute Gasteiger partial charge is 0.272 e. The van der Waals surface area contributed by atoms with Gasteiger partial charge in [0.2, 0.25) is 0 Å². The van der Waals surface area contributed by atoms with Gasteiger partial charge in [-0.3, -0.25) is 9.59 Å². The molecule has 6 nitrogen and oxygen atoms in total. The molecule has 31 heavy (non-hydrogen) atoms. The highest BCUT2D eigenvalue weighted by atomic mass is 35.5. The van der Waals surface area contributed by atoms with Crippen LogP contribution in [0, 0.1) is 0 Å². The fraction of sp³-hybridized carbons (Fsp3) is 0.0833. The number of hydrogen-bond donors (Lipinski definition) is 2. The van der Waals surface area contributed by atoms with E-state index in [1.807, 2.05) is 12.1 Å². The van der Waals surface area contributed by atoms with Crippen LogP contribution in [-0.4, -0.2) is 26.0 Å². The summed E-state index contributed by atoms with van der Waals surface area (Å²) >= 11 is 5.91. The number of para-hydroxylation sites is 1. The predicted octanol–water partition coefficient (Wildman–Crippen LogP) is 4.77. The fourth-order valence-corrected chi connectivity index (χ4v) is 2.92. The van der Waals surface area contributed by atoms with E-state index in [4.69, 9.17) is 21.1 Å². The lowest BCUT2D eigenvalue weighted by Crippen LogP contribution is -2.30. The van der Waals surface area contributed by atoms with Gasteiger partial charge in [0.15, 0.2) is 0 Å². The summed E-state index contributed by atoms with van der Waals surface area (Å²) in [5.41, 5.74) is 1.57. The third kappa shape index (κ3) is 5.87. The van der Waals surface area contributed by atoms with Crippen molar-refractivity contribution in [1.29, 1.82) is 0 Å². The van der Waals surface area contributed by atoms with Gasteiger partial charge in [-0.1, -0.05) is 35.9 Å². The Balaban J connectivity index is 1.93. The van der Waals surface area contributed by atoms with E-state index < -0.39 is 11.8 Å². The summed E-state index contributed by atoms with van der Waals surface area (Å²) in [4.78, 5) is 25.8. The first kappa shape index (κ1) is 21.9. The highest BCUT2D eigenvalue weighted by molar-refractivity contribution is 6.30. The van der Waals surface area contributed by atoms with Crippen LogP contribution in [0.15, 0.2) is 78.5 Å². The molecule has 2 N–H and O–H groups in total. The van der Waals surface area contributed by atoms with E-state index in [1.165, 1.54) is 14.2 Å². The minimum Gasteiger partial charge on any atom is -0.497 e. The SMILES string of the molecule is COc1cccc(C(=O)N/C(=C\c2ccccc2OC)C(=O)Nc2ccc(Cl)cc2)c1. The number of rotatable bonds is 7. The third-order valence-electron chi connectivity index (χ3n) is 4.37. The van der Waals surface area contributed by atoms with Gasteiger partial charge in [-0.25, -0.2) is 0 Å². The van der Waals surface area contributed by atoms with Gasteiger partial charge in [0, 0.05) is 21.8 Å². The number of carbonyl (C=O) groups is 2. The maximum Gasteiger partial charge on any atom is 0.272 e. The Morgan fingerprint density at radius 3 is 2.35 bits per heavy atom. The Morgan fingerprint density at radius 2 is 1.65 bits per heavy atom. The van der Waals surface area contributed by atoms with Gasteiger partial charge in [-0.15, -0.1) is 0 Å². The van der Waals surface area contributed by atoms with Gasteiger partial charge in [0.25, 0.3) is 11.8 Å². The van der Waals surface area contributed by atoms with Crippen molar-refractivity contribution >= 4 is 35.2 Å². The van der Waals surface area contributed by atoms with Crippen LogP contribution < -0.4 is 20.1 Å². The predicted molar refractivity (Wildman–Crippen MR) is 122 cm³/mol. The number of anilines is 1. The molecular formula is C24H21ClN2O4. The number of carbonyl (C=O) groups excluding carboxylic acids is 2. The topological polar surface area (TPSA) is 76.7 Å². The molecule has 0 aliphatic carbocycles. The zero-order chi connectivity index (χ0) is 22.2. The number of nitrogens with one attached hydrogen (secondary N) is 2. The molecule has 3 aromatic carbocycles. The van der Waals surface area contributed by atoms with Crippen LogP contribution in [0.1, 0.15) is 15.9 Å². The second kappa shape index (κ2) is 10.3. The molecule has 0 unspecified atom stereocenters. The summed E-state index contributed by atoms with van der Waals surface area (Å²) < 4.78 is 10.5. The van der Waals surface area contributed by atoms with Crippen LogP contribution in [-0.2, 0) is 4.79 Å². The Morgan fingerprint density at radius 1 is 0.903 bits per heavy atom. The number of halogens is 1. The highest BCUT2D eigenvalue weighted by Gasteiger charge is 2.16. The monoisotopic (exact) mass is 436 g/mol. The van der Waals surface area contributed by atoms with Crippen LogP contribution in [0.4, 0.5) is 5.69 Å². The number of ether oxygens (including phenoxy) is 2. The first-order valence-electron chi connectivity index (χ1n) is 9.37. The molecule has 0 spiro atoms. The third-order valence-corrected chi connectivity index (χ3v) is 4.62. The molecule has 3 rings (SSSR count). The van der Waals surface area contributed by atoms with Crippen LogP contribution in [0.3, 0.4) is 0 Å². The lowest BCUT2D eigenvalue weighted by molar-refractivity contribution is -0.113. The first-order valence-corrected chi connectivity index (χ1v) is 9.75. The van der Waals surface area contributed by atoms with Gasteiger partial charge < -0.3 is 20.1 Å². The normalized spacial score (nSPS) is 10.9. The molecule has 0 radical (unpaired) electrons. The second-order valence-electron chi connectivity index (χ2n) is 6.45. The number of methoxy groups -OCH3 is 2. The van der Waals surface area contributed by atoms with Crippen molar-refractivity contribution in [1.82, 2.24) is 5.32 Å². The van der Waals surface area contributed by atoms with Crippen LogP contribution in [0.5, 0.6) is 11.5 Å². The maximum absolute atomic E-state index is 13.0. The summed E-state index contributed by atoms with van der Waals surface area (Å²) in [6.07, 6.45) is 1.56. The Labute approximate surface area is 185 Å². The molecular weight excluding hydrogens is 416 g/mol. The fourth-order valence-electron chi connectivity index (χ4n) is 2.79. The van der Waals surface area contributed by atoms with E-state index in [9.17, 15) is 9.59 Å². The molecule has 0 heterocycles. The second-order valence-corrected chi connectivity index (χ2v) is 6.88. The van der Waals surface area contributed by atoms with E-state index >= 15 is 0 Å². The quantitative estimate of drug-likeness (QED) is 0.523. The van der Waals surface area contributed by atoms with Crippen molar-refractivity contribution in [2.45, 2.75) is 0 Å². The van der Waals surface area contributed by atoms with E-state index in [2.05, 4.69) is 10.6 Å². The molecule has 0 saturated carbocycles. The molecule has 0 fully saturated rings. The van der Waals surface area contributed by atoms with Gasteiger partial charge in [0.05, 0.1) is 14.2 Å². The summed E-state index contributed by atoms with van der Waals surface area (Å²) in [6, 6.07) is 20.5. The largest absolute Gasteiger partial charge is 0.497 e. The van der Waals surface area contributed by atoms with Gasteiger partial charge >= 0.3 is 0 Å². The summed E-state index contributed by atoms with van der Waals surface area (Å²) in [6.45, 7) is 0. The van der Waals surface area contributed by atoms with Crippen LogP contribution in [0.25, 0.3) is 6.08 Å². The lowest BCUT2D eigenvalue weighted by atomic mass is 10.1. The maximum atomic E-state index is 13.0. The molecule has 0 bridgehead atoms. The molecule has 0 aliphatic rings. The van der Waals surface area contributed by atoms with Gasteiger partial charge in [0.1, 0.15) is 17.2 Å². The average Bonchev–Trinajstić information content (AvgIpc) is 2.80. The molecule has 3 aromatic rings. The summed E-state index contributed by atoms with van der Waals surface area (Å²) in [5.74, 6) is 0.152. The zero-order valence-electron chi connectivity index (χ0n) is 17.0. The van der Waals surface area contributed by atoms with Crippen molar-refractivity contribution in [3.05, 3.63) is 94.6 Å². The molecule has 2 amide bonds. The lowest BCUT2D eigenvalue weighted by Gasteiger charge is -2.13. The average molecular weight is 437 g/mol. The van der Waals surface area contributed by atoms with Crippen molar-refractivity contribution < 1.29 is 19.1 Å². The minimum atomic E-state index is -0.496. The molecule has 158 valence electrons. The van der Waals surface area contributed by atoms with E-state index in [0.29, 0.717) is 33.3 Å². The Kier molecular flexibility index (Phi) is 7.30. The van der Waals surface area contributed by atoms with Gasteiger partial charge in [-0.05, 0) is 54.6 Å². The first-order chi connectivity index (χ1) is 15.0. The van der Waals surface area contributed by atoms with E-state index in [1.54, 1.807) is 66.7 Å². The molecule has 0 aliphatic heterocycles. The number of hydrogen-bond acceptors (Lipinski definition) is 4. The van der Waals surface area contributed by atoms with Crippen LogP contribution >= 0.6 is 11.6 Å². The van der Waals surface area contributed by atoms with Crippen molar-refractivity contribution in [2.24, 2.45) is 0 Å². The van der Waals surface area contributed by atoms with E-state index in [-0.39, 0.29) is 5.70 Å².